The van der Waals surface area contributed by atoms with Gasteiger partial charge in [-0.3, -0.25) is 14.2 Å². The van der Waals surface area contributed by atoms with Gasteiger partial charge < -0.3 is 4.42 Å². The lowest BCUT2D eigenvalue weighted by atomic mass is 10.2. The molecule has 4 rings (SSSR count). The largest absolute Gasteiger partial charge is 0.461 e. The monoisotopic (exact) mass is 352 g/mol. The molecule has 3 heterocycles. The van der Waals surface area contributed by atoms with Crippen molar-refractivity contribution in [2.24, 2.45) is 0 Å². The van der Waals surface area contributed by atoms with E-state index in [2.05, 4.69) is 11.9 Å². The van der Waals surface area contributed by atoms with Gasteiger partial charge in [0.25, 0.3) is 5.56 Å². The summed E-state index contributed by atoms with van der Waals surface area (Å²) in [6, 6.07) is 10.8. The van der Waals surface area contributed by atoms with E-state index in [1.807, 2.05) is 18.2 Å². The minimum absolute atomic E-state index is 0.162. The third-order valence-electron chi connectivity index (χ3n) is 4.18. The number of nitrogens with zero attached hydrogens (tertiary/aromatic N) is 2. The van der Waals surface area contributed by atoms with Crippen molar-refractivity contribution < 1.29 is 4.42 Å². The second-order valence-corrected chi connectivity index (χ2v) is 6.86. The molecule has 1 aromatic carbocycles. The fourth-order valence-corrected chi connectivity index (χ4v) is 3.94. The summed E-state index contributed by atoms with van der Waals surface area (Å²) in [5.74, 6) is 1.00. The first-order chi connectivity index (χ1) is 12.2. The molecule has 0 fully saturated rings. The SMILES string of the molecule is CCCCn1c(-c2ccco2)nc2sc3ccccc3c(=O)c2c1=O. The molecule has 0 amide bonds. The van der Waals surface area contributed by atoms with Gasteiger partial charge in [-0.25, -0.2) is 4.98 Å². The van der Waals surface area contributed by atoms with Crippen molar-refractivity contribution in [1.29, 1.82) is 0 Å². The molecule has 0 bridgehead atoms. The second-order valence-electron chi connectivity index (χ2n) is 5.83. The molecule has 0 N–H and O–H groups in total. The molecule has 0 saturated carbocycles. The van der Waals surface area contributed by atoms with Gasteiger partial charge in [0.05, 0.1) is 6.26 Å². The van der Waals surface area contributed by atoms with E-state index in [1.54, 1.807) is 29.0 Å². The minimum atomic E-state index is -0.295. The Labute approximate surface area is 147 Å². The van der Waals surface area contributed by atoms with Crippen molar-refractivity contribution in [3.63, 3.8) is 0 Å². The van der Waals surface area contributed by atoms with Crippen LogP contribution in [0.15, 0.2) is 56.7 Å². The number of rotatable bonds is 4. The highest BCUT2D eigenvalue weighted by atomic mass is 32.1. The van der Waals surface area contributed by atoms with E-state index < -0.39 is 0 Å². The van der Waals surface area contributed by atoms with E-state index >= 15 is 0 Å². The molecule has 3 aromatic heterocycles. The molecule has 5 nitrogen and oxygen atoms in total. The van der Waals surface area contributed by atoms with Crippen LogP contribution in [0.5, 0.6) is 0 Å². The maximum absolute atomic E-state index is 13.1. The lowest BCUT2D eigenvalue weighted by Gasteiger charge is -2.11. The minimum Gasteiger partial charge on any atom is -0.461 e. The van der Waals surface area contributed by atoms with Crippen LogP contribution in [0.4, 0.5) is 0 Å². The molecule has 0 radical (unpaired) electrons. The second kappa shape index (κ2) is 6.29. The molecular weight excluding hydrogens is 336 g/mol. The van der Waals surface area contributed by atoms with Gasteiger partial charge in [-0.1, -0.05) is 25.5 Å². The maximum Gasteiger partial charge on any atom is 0.266 e. The Hall–Kier alpha value is -2.73. The van der Waals surface area contributed by atoms with E-state index in [9.17, 15) is 9.59 Å². The van der Waals surface area contributed by atoms with Gasteiger partial charge in [0, 0.05) is 16.6 Å². The highest BCUT2D eigenvalue weighted by Crippen LogP contribution is 2.25. The van der Waals surface area contributed by atoms with Gasteiger partial charge in [0.2, 0.25) is 5.43 Å². The van der Waals surface area contributed by atoms with Crippen LogP contribution in [-0.2, 0) is 6.54 Å². The third kappa shape index (κ3) is 2.59. The number of furan rings is 1. The van der Waals surface area contributed by atoms with Crippen LogP contribution in [0.3, 0.4) is 0 Å². The van der Waals surface area contributed by atoms with E-state index in [4.69, 9.17) is 4.42 Å². The zero-order valence-corrected chi connectivity index (χ0v) is 14.5. The number of fused-ring (bicyclic) bond motifs is 2. The number of unbranched alkanes of at least 4 members (excludes halogenated alkanes) is 1. The Bertz CT molecular complexity index is 1170. The van der Waals surface area contributed by atoms with Crippen LogP contribution in [-0.4, -0.2) is 9.55 Å². The van der Waals surface area contributed by atoms with Crippen LogP contribution in [0.25, 0.3) is 31.9 Å². The van der Waals surface area contributed by atoms with Crippen molar-refractivity contribution in [1.82, 2.24) is 9.55 Å². The van der Waals surface area contributed by atoms with Gasteiger partial charge in [-0.15, -0.1) is 11.3 Å². The summed E-state index contributed by atoms with van der Waals surface area (Å²) in [5, 5.41) is 0.724. The average Bonchev–Trinajstić information content (AvgIpc) is 3.15. The number of hydrogen-bond acceptors (Lipinski definition) is 5. The van der Waals surface area contributed by atoms with Crippen molar-refractivity contribution >= 4 is 31.6 Å². The first kappa shape index (κ1) is 15.8. The van der Waals surface area contributed by atoms with E-state index in [0.29, 0.717) is 28.3 Å². The first-order valence-electron chi connectivity index (χ1n) is 8.21. The van der Waals surface area contributed by atoms with Gasteiger partial charge in [-0.05, 0) is 30.7 Å². The smallest absolute Gasteiger partial charge is 0.266 e. The van der Waals surface area contributed by atoms with E-state index in [0.717, 1.165) is 17.5 Å². The summed E-state index contributed by atoms with van der Waals surface area (Å²) in [4.78, 5) is 31.0. The zero-order chi connectivity index (χ0) is 17.4. The number of aromatic nitrogens is 2. The highest BCUT2D eigenvalue weighted by molar-refractivity contribution is 7.24. The molecule has 0 unspecified atom stereocenters. The van der Waals surface area contributed by atoms with Gasteiger partial charge >= 0.3 is 0 Å². The predicted octanol–water partition coefficient (Wildman–Crippen LogP) is 4.03. The molecule has 0 aliphatic rings. The third-order valence-corrected chi connectivity index (χ3v) is 5.24. The van der Waals surface area contributed by atoms with Crippen LogP contribution in [0.1, 0.15) is 19.8 Å². The fourth-order valence-electron chi connectivity index (χ4n) is 2.90. The highest BCUT2D eigenvalue weighted by Gasteiger charge is 2.18. The molecule has 4 aromatic rings. The molecular formula is C19H16N2O3S. The van der Waals surface area contributed by atoms with Crippen molar-refractivity contribution in [2.45, 2.75) is 26.3 Å². The summed E-state index contributed by atoms with van der Waals surface area (Å²) in [6.07, 6.45) is 3.32. The van der Waals surface area contributed by atoms with Crippen LogP contribution in [0, 0.1) is 0 Å². The van der Waals surface area contributed by atoms with Gasteiger partial charge in [0.15, 0.2) is 11.6 Å². The van der Waals surface area contributed by atoms with E-state index in [-0.39, 0.29) is 16.4 Å². The summed E-state index contributed by atoms with van der Waals surface area (Å²) in [5.41, 5.74) is -0.546. The Morgan fingerprint density at radius 3 is 2.76 bits per heavy atom. The molecule has 0 aliphatic heterocycles. The molecule has 6 heteroatoms. The summed E-state index contributed by atoms with van der Waals surface area (Å²) in [7, 11) is 0. The van der Waals surface area contributed by atoms with Crippen molar-refractivity contribution in [2.75, 3.05) is 0 Å². The molecule has 126 valence electrons. The Morgan fingerprint density at radius 2 is 2.00 bits per heavy atom. The Morgan fingerprint density at radius 1 is 1.16 bits per heavy atom. The number of hydrogen-bond donors (Lipinski definition) is 0. The fraction of sp³-hybridized carbons (Fsp3) is 0.211. The van der Waals surface area contributed by atoms with Gasteiger partial charge in [-0.2, -0.15) is 0 Å². The van der Waals surface area contributed by atoms with Crippen molar-refractivity contribution in [3.05, 3.63) is 63.2 Å². The standard InChI is InChI=1S/C19H16N2O3S/c1-2-3-10-21-17(13-8-6-11-24-13)20-18-15(19(21)23)16(22)12-7-4-5-9-14(12)25-18/h4-9,11H,2-3,10H2,1H3. The van der Waals surface area contributed by atoms with Crippen LogP contribution >= 0.6 is 11.3 Å². The lowest BCUT2D eigenvalue weighted by molar-refractivity contribution is 0.554. The average molecular weight is 352 g/mol. The molecule has 0 atom stereocenters. The summed E-state index contributed by atoms with van der Waals surface area (Å²) >= 11 is 1.36. The maximum atomic E-state index is 13.1. The first-order valence-corrected chi connectivity index (χ1v) is 9.02. The normalized spacial score (nSPS) is 11.4. The van der Waals surface area contributed by atoms with Crippen molar-refractivity contribution in [3.8, 4) is 11.6 Å². The quantitative estimate of drug-likeness (QED) is 0.520. The Kier molecular flexibility index (Phi) is 3.97. The molecule has 0 spiro atoms. The molecule has 0 saturated heterocycles. The lowest BCUT2D eigenvalue weighted by Crippen LogP contribution is -2.27. The number of benzene rings is 1. The zero-order valence-electron chi connectivity index (χ0n) is 13.7. The van der Waals surface area contributed by atoms with E-state index in [1.165, 1.54) is 11.3 Å². The van der Waals surface area contributed by atoms with Crippen LogP contribution in [0.2, 0.25) is 0 Å². The summed E-state index contributed by atoms with van der Waals surface area (Å²) < 4.78 is 7.85. The summed E-state index contributed by atoms with van der Waals surface area (Å²) in [6.45, 7) is 2.56. The van der Waals surface area contributed by atoms with Gasteiger partial charge in [0.1, 0.15) is 10.2 Å². The molecule has 0 aliphatic carbocycles. The predicted molar refractivity (Wildman–Crippen MR) is 100 cm³/mol. The molecule has 25 heavy (non-hydrogen) atoms. The Balaban J connectivity index is 2.13. The van der Waals surface area contributed by atoms with Crippen LogP contribution < -0.4 is 11.0 Å². The topological polar surface area (TPSA) is 65.1 Å².